The molecule has 6 heteroatoms. The summed E-state index contributed by atoms with van der Waals surface area (Å²) in [5, 5.41) is 12.4. The third-order valence-electron chi connectivity index (χ3n) is 7.95. The number of likely N-dealkylation sites (tertiary alicyclic amines) is 1. The van der Waals surface area contributed by atoms with Gasteiger partial charge in [0.1, 0.15) is 11.5 Å². The fourth-order valence-electron chi connectivity index (χ4n) is 6.01. The van der Waals surface area contributed by atoms with Crippen molar-refractivity contribution in [3.63, 3.8) is 0 Å². The molecule has 0 bridgehead atoms. The van der Waals surface area contributed by atoms with Crippen LogP contribution in [0.25, 0.3) is 0 Å². The maximum atomic E-state index is 13.5. The van der Waals surface area contributed by atoms with Gasteiger partial charge in [-0.15, -0.1) is 0 Å². The summed E-state index contributed by atoms with van der Waals surface area (Å²) in [6.07, 6.45) is 7.76. The highest BCUT2D eigenvalue weighted by atomic mass is 16.5. The van der Waals surface area contributed by atoms with Gasteiger partial charge in [-0.3, -0.25) is 4.79 Å². The van der Waals surface area contributed by atoms with Crippen molar-refractivity contribution in [3.05, 3.63) is 60.2 Å². The van der Waals surface area contributed by atoms with Gasteiger partial charge >= 0.3 is 0 Å². The van der Waals surface area contributed by atoms with Crippen LogP contribution in [-0.2, 0) is 15.1 Å². The Hall–Kier alpha value is -2.41. The van der Waals surface area contributed by atoms with E-state index in [1.165, 1.54) is 0 Å². The van der Waals surface area contributed by atoms with Crippen molar-refractivity contribution >= 4 is 5.91 Å². The first-order chi connectivity index (χ1) is 17.5. The van der Waals surface area contributed by atoms with Gasteiger partial charge in [0, 0.05) is 50.2 Å². The van der Waals surface area contributed by atoms with E-state index in [1.807, 2.05) is 59.5 Å². The molecule has 36 heavy (non-hydrogen) atoms. The molecule has 2 aromatic rings. The molecule has 2 aromatic carbocycles. The van der Waals surface area contributed by atoms with Crippen LogP contribution in [0.5, 0.6) is 11.5 Å². The van der Waals surface area contributed by atoms with Crippen LogP contribution in [-0.4, -0.2) is 48.8 Å². The zero-order valence-corrected chi connectivity index (χ0v) is 21.6. The van der Waals surface area contributed by atoms with E-state index in [1.54, 1.807) is 7.11 Å². The standard InChI is InChI=1S/C30H42N2O4/c1-35-20-8-7-18-30(34,27-16-5-6-17-28(27)36-26-14-3-2-4-15-26)24-12-10-19-32(22-24)29(33)23-11-9-13-25(31)21-23/h2-6,14-17,23-25,34H,7-13,18-22,31H2,1H3. The number of unbranched alkanes of at least 4 members (excludes halogenated alkanes) is 1. The first kappa shape index (κ1) is 26.6. The van der Waals surface area contributed by atoms with Crippen molar-refractivity contribution in [2.24, 2.45) is 17.6 Å². The molecular weight excluding hydrogens is 452 g/mol. The summed E-state index contributed by atoms with van der Waals surface area (Å²) in [6.45, 7) is 1.98. The number of piperidine rings is 1. The second-order valence-corrected chi connectivity index (χ2v) is 10.5. The van der Waals surface area contributed by atoms with Crippen LogP contribution in [0.4, 0.5) is 0 Å². The fraction of sp³-hybridized carbons (Fsp3) is 0.567. The Kier molecular flexibility index (Phi) is 9.41. The van der Waals surface area contributed by atoms with E-state index in [0.29, 0.717) is 25.3 Å². The molecule has 1 saturated carbocycles. The van der Waals surface area contributed by atoms with Crippen molar-refractivity contribution in [1.82, 2.24) is 4.90 Å². The highest BCUT2D eigenvalue weighted by Crippen LogP contribution is 2.44. The second kappa shape index (κ2) is 12.7. The van der Waals surface area contributed by atoms with E-state index in [2.05, 4.69) is 0 Å². The Morgan fingerprint density at radius 1 is 1.06 bits per heavy atom. The van der Waals surface area contributed by atoms with E-state index in [-0.39, 0.29) is 23.8 Å². The number of rotatable bonds is 10. The van der Waals surface area contributed by atoms with Crippen molar-refractivity contribution < 1.29 is 19.4 Å². The minimum atomic E-state index is -1.11. The average molecular weight is 495 g/mol. The minimum Gasteiger partial charge on any atom is -0.457 e. The van der Waals surface area contributed by atoms with Crippen LogP contribution in [0.1, 0.15) is 63.4 Å². The topological polar surface area (TPSA) is 85.0 Å². The van der Waals surface area contributed by atoms with Gasteiger partial charge in [-0.1, -0.05) is 42.8 Å². The molecule has 1 heterocycles. The van der Waals surface area contributed by atoms with Gasteiger partial charge in [0.05, 0.1) is 5.60 Å². The second-order valence-electron chi connectivity index (χ2n) is 10.5. The molecule has 1 amide bonds. The minimum absolute atomic E-state index is 0.0102. The summed E-state index contributed by atoms with van der Waals surface area (Å²) in [4.78, 5) is 15.5. The number of hydrogen-bond acceptors (Lipinski definition) is 5. The number of benzene rings is 2. The Balaban J connectivity index is 1.59. The van der Waals surface area contributed by atoms with Gasteiger partial charge in [-0.05, 0) is 69.6 Å². The summed E-state index contributed by atoms with van der Waals surface area (Å²) >= 11 is 0. The summed E-state index contributed by atoms with van der Waals surface area (Å²) in [5.74, 6) is 1.55. The zero-order valence-electron chi connectivity index (χ0n) is 21.6. The molecular formula is C30H42N2O4. The van der Waals surface area contributed by atoms with Gasteiger partial charge in [0.25, 0.3) is 0 Å². The molecule has 3 N–H and O–H groups in total. The molecule has 0 radical (unpaired) electrons. The van der Waals surface area contributed by atoms with Crippen molar-refractivity contribution in [2.75, 3.05) is 26.8 Å². The highest BCUT2D eigenvalue weighted by molar-refractivity contribution is 5.79. The van der Waals surface area contributed by atoms with Crippen LogP contribution in [0.15, 0.2) is 54.6 Å². The van der Waals surface area contributed by atoms with Gasteiger partial charge in [-0.25, -0.2) is 0 Å². The first-order valence-electron chi connectivity index (χ1n) is 13.6. The van der Waals surface area contributed by atoms with Gasteiger partial charge in [-0.2, -0.15) is 0 Å². The first-order valence-corrected chi connectivity index (χ1v) is 13.6. The predicted molar refractivity (Wildman–Crippen MR) is 142 cm³/mol. The molecule has 2 fully saturated rings. The molecule has 2 aliphatic rings. The lowest BCUT2D eigenvalue weighted by molar-refractivity contribution is -0.142. The van der Waals surface area contributed by atoms with E-state index in [4.69, 9.17) is 15.2 Å². The highest BCUT2D eigenvalue weighted by Gasteiger charge is 2.43. The number of para-hydroxylation sites is 2. The van der Waals surface area contributed by atoms with Gasteiger partial charge in [0.15, 0.2) is 0 Å². The van der Waals surface area contributed by atoms with Gasteiger partial charge < -0.3 is 25.2 Å². The molecule has 196 valence electrons. The molecule has 4 atom stereocenters. The van der Waals surface area contributed by atoms with Crippen LogP contribution in [0.3, 0.4) is 0 Å². The maximum absolute atomic E-state index is 13.5. The third kappa shape index (κ3) is 6.47. The van der Waals surface area contributed by atoms with Crippen LogP contribution in [0, 0.1) is 11.8 Å². The number of nitrogens with zero attached hydrogens (tertiary/aromatic N) is 1. The number of methoxy groups -OCH3 is 1. The molecule has 1 aliphatic heterocycles. The third-order valence-corrected chi connectivity index (χ3v) is 7.95. The Bertz CT molecular complexity index is 968. The number of aliphatic hydroxyl groups is 1. The summed E-state index contributed by atoms with van der Waals surface area (Å²) < 4.78 is 11.5. The Morgan fingerprint density at radius 3 is 2.61 bits per heavy atom. The average Bonchev–Trinajstić information content (AvgIpc) is 2.91. The summed E-state index contributed by atoms with van der Waals surface area (Å²) in [7, 11) is 1.71. The molecule has 1 aliphatic carbocycles. The van der Waals surface area contributed by atoms with Crippen molar-refractivity contribution in [3.8, 4) is 11.5 Å². The van der Waals surface area contributed by atoms with E-state index in [0.717, 1.165) is 69.2 Å². The lowest BCUT2D eigenvalue weighted by atomic mass is 9.73. The van der Waals surface area contributed by atoms with E-state index < -0.39 is 5.60 Å². The molecule has 4 rings (SSSR count). The number of ether oxygens (including phenoxy) is 2. The van der Waals surface area contributed by atoms with Crippen molar-refractivity contribution in [1.29, 1.82) is 0 Å². The number of amides is 1. The molecule has 6 nitrogen and oxygen atoms in total. The maximum Gasteiger partial charge on any atom is 0.225 e. The zero-order chi connectivity index (χ0) is 25.4. The largest absolute Gasteiger partial charge is 0.457 e. The molecule has 1 saturated heterocycles. The lowest BCUT2D eigenvalue weighted by Crippen LogP contribution is -2.50. The monoisotopic (exact) mass is 494 g/mol. The molecule has 4 unspecified atom stereocenters. The number of carbonyl (C=O) groups excluding carboxylic acids is 1. The normalized spacial score (nSPS) is 24.2. The number of nitrogens with two attached hydrogens (primary N) is 1. The number of carbonyl (C=O) groups is 1. The molecule has 0 aromatic heterocycles. The van der Waals surface area contributed by atoms with Crippen LogP contribution >= 0.6 is 0 Å². The van der Waals surface area contributed by atoms with Gasteiger partial charge in [0.2, 0.25) is 5.91 Å². The lowest BCUT2D eigenvalue weighted by Gasteiger charge is -2.44. The SMILES string of the molecule is COCCCCC(O)(c1ccccc1Oc1ccccc1)C1CCCN(C(=O)C2CCCC(N)C2)C1. The molecule has 0 spiro atoms. The quantitative estimate of drug-likeness (QED) is 0.441. The van der Waals surface area contributed by atoms with E-state index in [9.17, 15) is 9.90 Å². The Labute approximate surface area is 215 Å². The van der Waals surface area contributed by atoms with Crippen LogP contribution in [0.2, 0.25) is 0 Å². The van der Waals surface area contributed by atoms with E-state index >= 15 is 0 Å². The number of hydrogen-bond donors (Lipinski definition) is 2. The smallest absolute Gasteiger partial charge is 0.225 e. The fourth-order valence-corrected chi connectivity index (χ4v) is 6.01. The van der Waals surface area contributed by atoms with Crippen molar-refractivity contribution in [2.45, 2.75) is 69.4 Å². The predicted octanol–water partition coefficient (Wildman–Crippen LogP) is 5.24. The van der Waals surface area contributed by atoms with Crippen LogP contribution < -0.4 is 10.5 Å². The summed E-state index contributed by atoms with van der Waals surface area (Å²) in [6, 6.07) is 17.6. The Morgan fingerprint density at radius 2 is 1.83 bits per heavy atom. The summed E-state index contributed by atoms with van der Waals surface area (Å²) in [5.41, 5.74) is 5.88.